The molecule has 1 aliphatic heterocycles. The van der Waals surface area contributed by atoms with Gasteiger partial charge in [-0.3, -0.25) is 9.78 Å². The van der Waals surface area contributed by atoms with Crippen molar-refractivity contribution in [1.82, 2.24) is 19.8 Å². The van der Waals surface area contributed by atoms with Crippen molar-refractivity contribution in [1.29, 1.82) is 0 Å². The Morgan fingerprint density at radius 1 is 1.12 bits per heavy atom. The van der Waals surface area contributed by atoms with E-state index >= 15 is 0 Å². The molecule has 2 aromatic heterocycles. The number of H-pyrrole nitrogens is 1. The zero-order valence-corrected chi connectivity index (χ0v) is 13.7. The molecule has 0 saturated carbocycles. The summed E-state index contributed by atoms with van der Waals surface area (Å²) in [6.45, 7) is 3.43. The highest BCUT2D eigenvalue weighted by Gasteiger charge is 2.16. The number of benzene rings is 1. The number of para-hydroxylation sites is 1. The van der Waals surface area contributed by atoms with Crippen molar-refractivity contribution >= 4 is 33.8 Å². The van der Waals surface area contributed by atoms with Gasteiger partial charge in [0.15, 0.2) is 0 Å². The van der Waals surface area contributed by atoms with Gasteiger partial charge >= 0.3 is 0 Å². The molecule has 4 rings (SSSR count). The maximum Gasteiger partial charge on any atom is 0.246 e. The van der Waals surface area contributed by atoms with Gasteiger partial charge in [-0.25, -0.2) is 0 Å². The Kier molecular flexibility index (Phi) is 3.78. The Balaban J connectivity index is 1.57. The monoisotopic (exact) mass is 320 g/mol. The van der Waals surface area contributed by atoms with Crippen molar-refractivity contribution in [3.05, 3.63) is 48.3 Å². The van der Waals surface area contributed by atoms with E-state index in [-0.39, 0.29) is 5.91 Å². The van der Waals surface area contributed by atoms with E-state index in [0.717, 1.165) is 48.3 Å². The zero-order chi connectivity index (χ0) is 16.5. The third kappa shape index (κ3) is 2.78. The summed E-state index contributed by atoms with van der Waals surface area (Å²) in [7, 11) is 2.08. The van der Waals surface area contributed by atoms with E-state index < -0.39 is 0 Å². The van der Waals surface area contributed by atoms with Crippen LogP contribution in [0.1, 0.15) is 5.69 Å². The van der Waals surface area contributed by atoms with Crippen LogP contribution in [-0.2, 0) is 4.79 Å². The van der Waals surface area contributed by atoms with Gasteiger partial charge in [0, 0.05) is 48.5 Å². The fourth-order valence-electron chi connectivity index (χ4n) is 3.15. The van der Waals surface area contributed by atoms with Crippen LogP contribution in [0.4, 0.5) is 0 Å². The number of amides is 1. The molecular weight excluding hydrogens is 300 g/mol. The Hall–Kier alpha value is -2.66. The predicted octanol–water partition coefficient (Wildman–Crippen LogP) is 2.50. The number of likely N-dealkylation sites (N-methyl/N-ethyl adjacent to an activating group) is 1. The molecule has 3 aromatic rings. The predicted molar refractivity (Wildman–Crippen MR) is 96.7 cm³/mol. The van der Waals surface area contributed by atoms with Gasteiger partial charge in [-0.1, -0.05) is 18.2 Å². The van der Waals surface area contributed by atoms with Crippen LogP contribution >= 0.6 is 0 Å². The second-order valence-electron chi connectivity index (χ2n) is 6.29. The van der Waals surface area contributed by atoms with Gasteiger partial charge in [0.2, 0.25) is 5.91 Å². The molecule has 0 radical (unpaired) electrons. The first-order chi connectivity index (χ1) is 11.7. The van der Waals surface area contributed by atoms with Crippen molar-refractivity contribution < 1.29 is 4.79 Å². The number of nitrogens with zero attached hydrogens (tertiary/aromatic N) is 3. The van der Waals surface area contributed by atoms with Gasteiger partial charge in [0.25, 0.3) is 0 Å². The lowest BCUT2D eigenvalue weighted by molar-refractivity contribution is -0.127. The normalized spacial score (nSPS) is 16.5. The average Bonchev–Trinajstić information content (AvgIpc) is 2.98. The van der Waals surface area contributed by atoms with Gasteiger partial charge in [-0.15, -0.1) is 0 Å². The van der Waals surface area contributed by atoms with Crippen molar-refractivity contribution in [2.75, 3.05) is 33.2 Å². The topological polar surface area (TPSA) is 52.2 Å². The quantitative estimate of drug-likeness (QED) is 0.738. The molecule has 1 fully saturated rings. The molecule has 0 unspecified atom stereocenters. The molecule has 0 atom stereocenters. The number of piperazine rings is 1. The lowest BCUT2D eigenvalue weighted by Crippen LogP contribution is -2.46. The van der Waals surface area contributed by atoms with Crippen LogP contribution < -0.4 is 0 Å². The minimum Gasteiger partial charge on any atom is -0.353 e. The molecule has 5 heteroatoms. The summed E-state index contributed by atoms with van der Waals surface area (Å²) in [5, 5.41) is 2.31. The van der Waals surface area contributed by atoms with Crippen LogP contribution in [0.5, 0.6) is 0 Å². The van der Waals surface area contributed by atoms with Gasteiger partial charge in [-0.05, 0) is 25.3 Å². The Bertz CT molecular complexity index is 919. The van der Waals surface area contributed by atoms with Crippen LogP contribution in [0.2, 0.25) is 0 Å². The molecule has 0 bridgehead atoms. The minimum atomic E-state index is 0.0592. The highest BCUT2D eigenvalue weighted by atomic mass is 16.2. The first kappa shape index (κ1) is 14.9. The Morgan fingerprint density at radius 3 is 2.75 bits per heavy atom. The number of pyridine rings is 1. The average molecular weight is 320 g/mol. The molecule has 122 valence electrons. The summed E-state index contributed by atoms with van der Waals surface area (Å²) in [4.78, 5) is 24.2. The molecule has 24 heavy (non-hydrogen) atoms. The first-order valence-electron chi connectivity index (χ1n) is 8.23. The van der Waals surface area contributed by atoms with Crippen molar-refractivity contribution in [2.24, 2.45) is 0 Å². The number of hydrogen-bond donors (Lipinski definition) is 1. The van der Waals surface area contributed by atoms with E-state index in [9.17, 15) is 4.79 Å². The Morgan fingerprint density at radius 2 is 1.92 bits per heavy atom. The van der Waals surface area contributed by atoms with E-state index in [1.165, 1.54) is 5.39 Å². The van der Waals surface area contributed by atoms with Crippen molar-refractivity contribution in [3.63, 3.8) is 0 Å². The molecule has 1 aliphatic rings. The fraction of sp³-hybridized carbons (Fsp3) is 0.263. The van der Waals surface area contributed by atoms with Gasteiger partial charge in [0.1, 0.15) is 0 Å². The van der Waals surface area contributed by atoms with Crippen LogP contribution in [0.25, 0.3) is 27.9 Å². The van der Waals surface area contributed by atoms with Gasteiger partial charge in [0.05, 0.1) is 17.4 Å². The SMILES string of the molecule is CN1CCN(C(=O)/C=C/c2cc3c(cn2)[nH]c2ccccc23)CC1. The summed E-state index contributed by atoms with van der Waals surface area (Å²) < 4.78 is 0. The molecule has 1 amide bonds. The number of aromatic nitrogens is 2. The molecule has 3 heterocycles. The number of rotatable bonds is 2. The van der Waals surface area contributed by atoms with Crippen LogP contribution in [0.3, 0.4) is 0 Å². The summed E-state index contributed by atoms with van der Waals surface area (Å²) in [6, 6.07) is 10.2. The van der Waals surface area contributed by atoms with E-state index in [2.05, 4.69) is 34.0 Å². The standard InChI is InChI=1S/C19H20N4O/c1-22-8-10-23(11-9-22)19(24)7-6-14-12-16-15-4-2-3-5-17(15)21-18(16)13-20-14/h2-7,12-13,21H,8-11H2,1H3/b7-6+. The number of carbonyl (C=O) groups excluding carboxylic acids is 1. The minimum absolute atomic E-state index is 0.0592. The molecule has 1 aromatic carbocycles. The lowest BCUT2D eigenvalue weighted by atomic mass is 10.1. The molecule has 1 saturated heterocycles. The molecule has 0 spiro atoms. The largest absolute Gasteiger partial charge is 0.353 e. The number of hydrogen-bond acceptors (Lipinski definition) is 3. The highest BCUT2D eigenvalue weighted by molar-refractivity contribution is 6.07. The summed E-state index contributed by atoms with van der Waals surface area (Å²) >= 11 is 0. The lowest BCUT2D eigenvalue weighted by Gasteiger charge is -2.31. The number of aromatic amines is 1. The van der Waals surface area contributed by atoms with Crippen molar-refractivity contribution in [2.45, 2.75) is 0 Å². The van der Waals surface area contributed by atoms with Crippen molar-refractivity contribution in [3.8, 4) is 0 Å². The van der Waals surface area contributed by atoms with Crippen LogP contribution in [0, 0.1) is 0 Å². The summed E-state index contributed by atoms with van der Waals surface area (Å²) in [6.07, 6.45) is 5.27. The fourth-order valence-corrected chi connectivity index (χ4v) is 3.15. The molecular formula is C19H20N4O. The third-order valence-corrected chi connectivity index (χ3v) is 4.62. The second-order valence-corrected chi connectivity index (χ2v) is 6.29. The van der Waals surface area contributed by atoms with Crippen LogP contribution in [-0.4, -0.2) is 58.9 Å². The second kappa shape index (κ2) is 6.09. The van der Waals surface area contributed by atoms with E-state index in [1.807, 2.05) is 35.4 Å². The maximum atomic E-state index is 12.3. The molecule has 5 nitrogen and oxygen atoms in total. The number of carbonyl (C=O) groups is 1. The van der Waals surface area contributed by atoms with Gasteiger partial charge < -0.3 is 14.8 Å². The van der Waals surface area contributed by atoms with E-state index in [0.29, 0.717) is 0 Å². The van der Waals surface area contributed by atoms with E-state index in [1.54, 1.807) is 6.08 Å². The summed E-state index contributed by atoms with van der Waals surface area (Å²) in [5.74, 6) is 0.0592. The zero-order valence-electron chi connectivity index (χ0n) is 13.7. The molecule has 1 N–H and O–H groups in total. The first-order valence-corrected chi connectivity index (χ1v) is 8.23. The number of fused-ring (bicyclic) bond motifs is 3. The van der Waals surface area contributed by atoms with Crippen LogP contribution in [0.15, 0.2) is 42.6 Å². The third-order valence-electron chi connectivity index (χ3n) is 4.62. The highest BCUT2D eigenvalue weighted by Crippen LogP contribution is 2.25. The molecule has 0 aliphatic carbocycles. The summed E-state index contributed by atoms with van der Waals surface area (Å²) in [5.41, 5.74) is 2.91. The smallest absolute Gasteiger partial charge is 0.246 e. The van der Waals surface area contributed by atoms with Gasteiger partial charge in [-0.2, -0.15) is 0 Å². The number of nitrogens with one attached hydrogen (secondary N) is 1. The van der Waals surface area contributed by atoms with E-state index in [4.69, 9.17) is 0 Å². The maximum absolute atomic E-state index is 12.3. The Labute approximate surface area is 140 Å².